The molecule has 0 aliphatic rings. The van der Waals surface area contributed by atoms with E-state index in [1.165, 1.54) is 6.20 Å². The van der Waals surface area contributed by atoms with E-state index in [2.05, 4.69) is 20.3 Å². The Bertz CT molecular complexity index is 739. The van der Waals surface area contributed by atoms with Crippen LogP contribution in [0.2, 0.25) is 0 Å². The topological polar surface area (TPSA) is 76.7 Å². The van der Waals surface area contributed by atoms with Gasteiger partial charge in [-0.15, -0.1) is 0 Å². The lowest BCUT2D eigenvalue weighted by Crippen LogP contribution is -1.99. The van der Waals surface area contributed by atoms with Crippen molar-refractivity contribution in [1.82, 2.24) is 15.0 Å². The van der Waals surface area contributed by atoms with Crippen molar-refractivity contribution in [1.29, 1.82) is 0 Å². The van der Waals surface area contributed by atoms with Crippen molar-refractivity contribution in [3.63, 3.8) is 0 Å². The highest BCUT2D eigenvalue weighted by Gasteiger charge is 2.05. The van der Waals surface area contributed by atoms with Gasteiger partial charge in [0.2, 0.25) is 0 Å². The highest BCUT2D eigenvalue weighted by Crippen LogP contribution is 2.25. The van der Waals surface area contributed by atoms with Crippen molar-refractivity contribution in [3.8, 4) is 0 Å². The fraction of sp³-hybridized carbons (Fsp3) is 0.0714. The third-order valence-corrected chi connectivity index (χ3v) is 2.76. The van der Waals surface area contributed by atoms with E-state index >= 15 is 0 Å². The summed E-state index contributed by atoms with van der Waals surface area (Å²) in [5, 5.41) is 4.27. The predicted octanol–water partition coefficient (Wildman–Crippen LogP) is 2.66. The zero-order chi connectivity index (χ0) is 13.2. The van der Waals surface area contributed by atoms with Crippen LogP contribution in [0.1, 0.15) is 5.69 Å². The Kier molecular flexibility index (Phi) is 2.72. The summed E-state index contributed by atoms with van der Waals surface area (Å²) in [4.78, 5) is 12.7. The molecule has 1 aromatic carbocycles. The molecule has 0 fully saturated rings. The number of hydrogen-bond acceptors (Lipinski definition) is 5. The molecule has 0 saturated carbocycles. The van der Waals surface area contributed by atoms with E-state index in [4.69, 9.17) is 5.73 Å². The van der Waals surface area contributed by atoms with Crippen molar-refractivity contribution in [2.45, 2.75) is 6.92 Å². The van der Waals surface area contributed by atoms with E-state index in [-0.39, 0.29) is 0 Å². The summed E-state index contributed by atoms with van der Waals surface area (Å²) in [6, 6.07) is 9.93. The normalized spacial score (nSPS) is 10.6. The maximum absolute atomic E-state index is 5.63. The number of nitrogen functional groups attached to an aromatic ring is 1. The predicted molar refractivity (Wildman–Crippen MR) is 76.2 cm³/mol. The second kappa shape index (κ2) is 4.53. The van der Waals surface area contributed by atoms with Crippen LogP contribution in [-0.2, 0) is 0 Å². The smallest absolute Gasteiger partial charge is 0.151 e. The van der Waals surface area contributed by atoms with Crippen LogP contribution in [0.25, 0.3) is 10.9 Å². The Morgan fingerprint density at radius 2 is 1.95 bits per heavy atom. The van der Waals surface area contributed by atoms with Crippen molar-refractivity contribution in [2.75, 3.05) is 11.1 Å². The van der Waals surface area contributed by atoms with Gasteiger partial charge in [-0.25, -0.2) is 4.98 Å². The van der Waals surface area contributed by atoms with E-state index in [0.29, 0.717) is 11.6 Å². The molecule has 0 amide bonds. The molecule has 0 bridgehead atoms. The van der Waals surface area contributed by atoms with E-state index < -0.39 is 0 Å². The molecule has 2 aromatic heterocycles. The van der Waals surface area contributed by atoms with Gasteiger partial charge in [-0.05, 0) is 19.1 Å². The number of hydrogen-bond donors (Lipinski definition) is 2. The van der Waals surface area contributed by atoms with Crippen LogP contribution in [0.15, 0.2) is 42.7 Å². The SMILES string of the molecule is Cc1cc(Nc2cncc(N)n2)c2ccccc2n1. The molecule has 3 N–H and O–H groups in total. The Hall–Kier alpha value is -2.69. The van der Waals surface area contributed by atoms with Crippen LogP contribution < -0.4 is 11.1 Å². The van der Waals surface area contributed by atoms with Crippen molar-refractivity contribution < 1.29 is 0 Å². The van der Waals surface area contributed by atoms with Gasteiger partial charge in [0, 0.05) is 11.1 Å². The van der Waals surface area contributed by atoms with Crippen molar-refractivity contribution in [3.05, 3.63) is 48.4 Å². The summed E-state index contributed by atoms with van der Waals surface area (Å²) >= 11 is 0. The Morgan fingerprint density at radius 3 is 2.79 bits per heavy atom. The first kappa shape index (κ1) is 11.4. The second-order valence-electron chi connectivity index (χ2n) is 4.28. The van der Waals surface area contributed by atoms with Gasteiger partial charge < -0.3 is 11.1 Å². The average Bonchev–Trinajstić information content (AvgIpc) is 2.38. The van der Waals surface area contributed by atoms with Crippen LogP contribution in [0, 0.1) is 6.92 Å². The average molecular weight is 251 g/mol. The molecule has 5 nitrogen and oxygen atoms in total. The number of anilines is 3. The number of rotatable bonds is 2. The minimum absolute atomic E-state index is 0.389. The largest absolute Gasteiger partial charge is 0.382 e. The maximum atomic E-state index is 5.63. The van der Waals surface area contributed by atoms with Gasteiger partial charge in [0.25, 0.3) is 0 Å². The number of benzene rings is 1. The number of para-hydroxylation sites is 1. The van der Waals surface area contributed by atoms with Gasteiger partial charge >= 0.3 is 0 Å². The molecular formula is C14H13N5. The van der Waals surface area contributed by atoms with E-state index in [1.54, 1.807) is 6.20 Å². The third-order valence-electron chi connectivity index (χ3n) is 2.76. The molecular weight excluding hydrogens is 238 g/mol. The maximum Gasteiger partial charge on any atom is 0.151 e. The lowest BCUT2D eigenvalue weighted by Gasteiger charge is -2.10. The Morgan fingerprint density at radius 1 is 1.11 bits per heavy atom. The summed E-state index contributed by atoms with van der Waals surface area (Å²) in [6.45, 7) is 1.96. The minimum atomic E-state index is 0.389. The zero-order valence-corrected chi connectivity index (χ0v) is 10.5. The highest BCUT2D eigenvalue weighted by atomic mass is 15.0. The summed E-state index contributed by atoms with van der Waals surface area (Å²) in [6.07, 6.45) is 3.15. The molecule has 0 unspecified atom stereocenters. The van der Waals surface area contributed by atoms with Crippen LogP contribution >= 0.6 is 0 Å². The quantitative estimate of drug-likeness (QED) is 0.732. The van der Waals surface area contributed by atoms with E-state index in [0.717, 1.165) is 22.3 Å². The van der Waals surface area contributed by atoms with Gasteiger partial charge in [0.05, 0.1) is 23.6 Å². The molecule has 0 spiro atoms. The van der Waals surface area contributed by atoms with Crippen molar-refractivity contribution >= 4 is 28.2 Å². The fourth-order valence-corrected chi connectivity index (χ4v) is 1.99. The summed E-state index contributed by atoms with van der Waals surface area (Å²) in [5.74, 6) is 1.01. The van der Waals surface area contributed by atoms with Crippen molar-refractivity contribution in [2.24, 2.45) is 0 Å². The molecule has 94 valence electrons. The molecule has 0 saturated heterocycles. The molecule has 2 heterocycles. The molecule has 19 heavy (non-hydrogen) atoms. The molecule has 3 aromatic rings. The Balaban J connectivity index is 2.09. The number of fused-ring (bicyclic) bond motifs is 1. The molecule has 0 atom stereocenters. The van der Waals surface area contributed by atoms with Gasteiger partial charge in [-0.1, -0.05) is 18.2 Å². The zero-order valence-electron chi connectivity index (χ0n) is 10.5. The first-order chi connectivity index (χ1) is 9.22. The standard InChI is InChI=1S/C14H13N5/c1-9-6-12(10-4-2-3-5-11(10)17-9)18-14-8-16-7-13(15)19-14/h2-8H,1H3,(H3,15,17,18,19). The molecule has 0 aliphatic heterocycles. The van der Waals surface area contributed by atoms with Gasteiger partial charge in [-0.3, -0.25) is 9.97 Å². The minimum Gasteiger partial charge on any atom is -0.382 e. The molecule has 5 heteroatoms. The third kappa shape index (κ3) is 2.30. The number of nitrogens with one attached hydrogen (secondary N) is 1. The number of pyridine rings is 1. The van der Waals surface area contributed by atoms with Crippen LogP contribution in [0.5, 0.6) is 0 Å². The summed E-state index contributed by atoms with van der Waals surface area (Å²) in [7, 11) is 0. The lowest BCUT2D eigenvalue weighted by atomic mass is 10.1. The number of aryl methyl sites for hydroxylation is 1. The Labute approximate surface area is 110 Å². The number of aromatic nitrogens is 3. The van der Waals surface area contributed by atoms with Gasteiger partial charge in [0.1, 0.15) is 5.82 Å². The molecule has 3 rings (SSSR count). The van der Waals surface area contributed by atoms with Crippen LogP contribution in [0.3, 0.4) is 0 Å². The van der Waals surface area contributed by atoms with Crippen LogP contribution in [-0.4, -0.2) is 15.0 Å². The summed E-state index contributed by atoms with van der Waals surface area (Å²) < 4.78 is 0. The fourth-order valence-electron chi connectivity index (χ4n) is 1.99. The molecule has 0 aliphatic carbocycles. The van der Waals surface area contributed by atoms with Gasteiger partial charge in [-0.2, -0.15) is 0 Å². The van der Waals surface area contributed by atoms with E-state index in [9.17, 15) is 0 Å². The number of nitrogens with zero attached hydrogens (tertiary/aromatic N) is 3. The van der Waals surface area contributed by atoms with Crippen LogP contribution in [0.4, 0.5) is 17.3 Å². The monoisotopic (exact) mass is 251 g/mol. The second-order valence-corrected chi connectivity index (χ2v) is 4.28. The highest BCUT2D eigenvalue weighted by molar-refractivity contribution is 5.92. The first-order valence-corrected chi connectivity index (χ1v) is 5.93. The lowest BCUT2D eigenvalue weighted by molar-refractivity contribution is 1.20. The van der Waals surface area contributed by atoms with Gasteiger partial charge in [0.15, 0.2) is 5.82 Å². The van der Waals surface area contributed by atoms with E-state index in [1.807, 2.05) is 37.3 Å². The number of nitrogens with two attached hydrogens (primary N) is 1. The summed E-state index contributed by atoms with van der Waals surface area (Å²) in [5.41, 5.74) is 8.46. The first-order valence-electron chi connectivity index (χ1n) is 5.93. The molecule has 0 radical (unpaired) electrons.